The maximum absolute atomic E-state index is 11.9. The molecule has 0 bridgehead atoms. The number of carbonyl (C=O) groups is 1. The van der Waals surface area contributed by atoms with Gasteiger partial charge in [-0.25, -0.2) is 4.98 Å². The van der Waals surface area contributed by atoms with Gasteiger partial charge in [0.1, 0.15) is 6.04 Å². The van der Waals surface area contributed by atoms with Crippen LogP contribution in [0.25, 0.3) is 0 Å². The van der Waals surface area contributed by atoms with Gasteiger partial charge >= 0.3 is 0 Å². The summed E-state index contributed by atoms with van der Waals surface area (Å²) in [5, 5.41) is 6.63. The van der Waals surface area contributed by atoms with Crippen molar-refractivity contribution >= 4 is 5.91 Å². The highest BCUT2D eigenvalue weighted by Crippen LogP contribution is 2.04. The number of aryl methyl sites for hydroxylation is 1. The van der Waals surface area contributed by atoms with Crippen LogP contribution in [0.15, 0.2) is 23.2 Å². The summed E-state index contributed by atoms with van der Waals surface area (Å²) in [6.07, 6.45) is 6.31. The lowest BCUT2D eigenvalue weighted by Gasteiger charge is -2.12. The molecule has 0 radical (unpaired) electrons. The number of imidazole rings is 1. The molecule has 102 valence electrons. The van der Waals surface area contributed by atoms with Gasteiger partial charge in [0.05, 0.1) is 6.33 Å². The Labute approximate surface area is 111 Å². The van der Waals surface area contributed by atoms with Crippen molar-refractivity contribution in [1.82, 2.24) is 25.0 Å². The smallest absolute Gasteiger partial charge is 0.242 e. The molecule has 2 heterocycles. The Morgan fingerprint density at radius 3 is 3.05 bits per heavy atom. The fourth-order valence-corrected chi connectivity index (χ4v) is 1.61. The van der Waals surface area contributed by atoms with Crippen molar-refractivity contribution in [2.24, 2.45) is 0 Å². The molecule has 7 nitrogen and oxygen atoms in total. The molecule has 0 saturated carbocycles. The Morgan fingerprint density at radius 1 is 1.58 bits per heavy atom. The Bertz CT molecular complexity index is 520. The molecule has 2 rings (SSSR count). The number of hydrogen-bond donors (Lipinski definition) is 1. The highest BCUT2D eigenvalue weighted by atomic mass is 16.5. The zero-order valence-corrected chi connectivity index (χ0v) is 11.0. The molecule has 19 heavy (non-hydrogen) atoms. The average Bonchev–Trinajstić information content (AvgIpc) is 3.08. The van der Waals surface area contributed by atoms with Gasteiger partial charge in [-0.15, -0.1) is 0 Å². The van der Waals surface area contributed by atoms with Crippen molar-refractivity contribution in [3.05, 3.63) is 30.4 Å². The van der Waals surface area contributed by atoms with Gasteiger partial charge in [0, 0.05) is 31.8 Å². The van der Waals surface area contributed by atoms with Gasteiger partial charge in [0.25, 0.3) is 0 Å². The summed E-state index contributed by atoms with van der Waals surface area (Å²) in [4.78, 5) is 20.0. The van der Waals surface area contributed by atoms with Gasteiger partial charge in [-0.1, -0.05) is 12.1 Å². The summed E-state index contributed by atoms with van der Waals surface area (Å²) in [6.45, 7) is 4.26. The Balaban J connectivity index is 1.77. The number of nitrogens with one attached hydrogen (secondary N) is 1. The number of aromatic nitrogens is 4. The third-order valence-corrected chi connectivity index (χ3v) is 2.82. The lowest BCUT2D eigenvalue weighted by Crippen LogP contribution is -2.32. The largest absolute Gasteiger partial charge is 0.354 e. The normalized spacial score (nSPS) is 12.3. The van der Waals surface area contributed by atoms with Crippen molar-refractivity contribution < 1.29 is 9.32 Å². The van der Waals surface area contributed by atoms with E-state index in [1.165, 1.54) is 0 Å². The molecule has 1 amide bonds. The number of nitrogens with zero attached hydrogens (tertiary/aromatic N) is 4. The quantitative estimate of drug-likeness (QED) is 0.831. The van der Waals surface area contributed by atoms with E-state index in [0.717, 1.165) is 6.42 Å². The molecule has 0 aromatic carbocycles. The third kappa shape index (κ3) is 3.40. The minimum Gasteiger partial charge on any atom is -0.354 e. The fourth-order valence-electron chi connectivity index (χ4n) is 1.61. The van der Waals surface area contributed by atoms with Gasteiger partial charge in [-0.05, 0) is 6.92 Å². The monoisotopic (exact) mass is 263 g/mol. The lowest BCUT2D eigenvalue weighted by atomic mass is 10.3. The van der Waals surface area contributed by atoms with Crippen LogP contribution >= 0.6 is 0 Å². The van der Waals surface area contributed by atoms with Crippen molar-refractivity contribution in [2.45, 2.75) is 32.7 Å². The second-order valence-corrected chi connectivity index (χ2v) is 4.18. The summed E-state index contributed by atoms with van der Waals surface area (Å²) in [7, 11) is 0. The maximum atomic E-state index is 11.9. The summed E-state index contributed by atoms with van der Waals surface area (Å²) in [5.74, 6) is 1.17. The zero-order chi connectivity index (χ0) is 13.7. The predicted molar refractivity (Wildman–Crippen MR) is 67.3 cm³/mol. The minimum atomic E-state index is -0.281. The molecule has 1 atom stereocenters. The van der Waals surface area contributed by atoms with Crippen LogP contribution in [0.5, 0.6) is 0 Å². The van der Waals surface area contributed by atoms with Crippen LogP contribution in [0, 0.1) is 0 Å². The minimum absolute atomic E-state index is 0.0618. The van der Waals surface area contributed by atoms with E-state index in [1.807, 2.05) is 13.8 Å². The first-order valence-electron chi connectivity index (χ1n) is 6.27. The van der Waals surface area contributed by atoms with Gasteiger partial charge in [-0.3, -0.25) is 4.79 Å². The number of amides is 1. The molecule has 7 heteroatoms. The highest BCUT2D eigenvalue weighted by molar-refractivity contribution is 5.79. The molecule has 0 spiro atoms. The van der Waals surface area contributed by atoms with E-state index in [-0.39, 0.29) is 11.9 Å². The molecule has 0 saturated heterocycles. The van der Waals surface area contributed by atoms with Gasteiger partial charge in [0.2, 0.25) is 11.8 Å². The maximum Gasteiger partial charge on any atom is 0.242 e. The summed E-state index contributed by atoms with van der Waals surface area (Å²) in [6, 6.07) is -0.281. The first-order chi connectivity index (χ1) is 9.20. The fraction of sp³-hybridized carbons (Fsp3) is 0.500. The van der Waals surface area contributed by atoms with E-state index in [9.17, 15) is 4.79 Å². The van der Waals surface area contributed by atoms with Crippen LogP contribution in [-0.2, 0) is 17.6 Å². The highest BCUT2D eigenvalue weighted by Gasteiger charge is 2.13. The molecule has 1 unspecified atom stereocenters. The van der Waals surface area contributed by atoms with E-state index in [0.29, 0.717) is 24.7 Å². The second-order valence-electron chi connectivity index (χ2n) is 4.18. The Kier molecular flexibility index (Phi) is 4.27. The molecule has 0 aliphatic rings. The van der Waals surface area contributed by atoms with Crippen LogP contribution in [0.3, 0.4) is 0 Å². The SMILES string of the molecule is CCc1noc(CCNC(=O)C(C)n2ccnc2)n1. The summed E-state index contributed by atoms with van der Waals surface area (Å²) >= 11 is 0. The molecule has 0 fully saturated rings. The van der Waals surface area contributed by atoms with E-state index in [2.05, 4.69) is 20.4 Å². The van der Waals surface area contributed by atoms with E-state index >= 15 is 0 Å². The summed E-state index contributed by atoms with van der Waals surface area (Å²) in [5.41, 5.74) is 0. The molecule has 0 aliphatic heterocycles. The lowest BCUT2D eigenvalue weighted by molar-refractivity contribution is -0.123. The second kappa shape index (κ2) is 6.12. The van der Waals surface area contributed by atoms with Gasteiger partial charge in [0.15, 0.2) is 5.82 Å². The first kappa shape index (κ1) is 13.3. The predicted octanol–water partition coefficient (Wildman–Crippen LogP) is 0.748. The van der Waals surface area contributed by atoms with Crippen LogP contribution in [0.1, 0.15) is 31.6 Å². The molecule has 2 aromatic heterocycles. The Hall–Kier alpha value is -2.18. The molecular formula is C12H17N5O2. The summed E-state index contributed by atoms with van der Waals surface area (Å²) < 4.78 is 6.79. The zero-order valence-electron chi connectivity index (χ0n) is 11.0. The molecule has 0 aliphatic carbocycles. The molecule has 1 N–H and O–H groups in total. The first-order valence-corrected chi connectivity index (χ1v) is 6.27. The van der Waals surface area contributed by atoms with Crippen LogP contribution in [-0.4, -0.2) is 32.1 Å². The van der Waals surface area contributed by atoms with Gasteiger partial charge in [-0.2, -0.15) is 4.98 Å². The van der Waals surface area contributed by atoms with Crippen molar-refractivity contribution in [1.29, 1.82) is 0 Å². The number of hydrogen-bond acceptors (Lipinski definition) is 5. The number of rotatable bonds is 6. The van der Waals surface area contributed by atoms with E-state index in [1.54, 1.807) is 23.3 Å². The van der Waals surface area contributed by atoms with E-state index < -0.39 is 0 Å². The topological polar surface area (TPSA) is 85.8 Å². The van der Waals surface area contributed by atoms with Gasteiger partial charge < -0.3 is 14.4 Å². The third-order valence-electron chi connectivity index (χ3n) is 2.82. The number of carbonyl (C=O) groups excluding carboxylic acids is 1. The van der Waals surface area contributed by atoms with Crippen molar-refractivity contribution in [3.63, 3.8) is 0 Å². The molecule has 2 aromatic rings. The van der Waals surface area contributed by atoms with Crippen LogP contribution in [0.2, 0.25) is 0 Å². The van der Waals surface area contributed by atoms with Crippen LogP contribution in [0.4, 0.5) is 0 Å². The standard InChI is InChI=1S/C12H17N5O2/c1-3-10-15-11(19-16-10)4-5-14-12(18)9(2)17-7-6-13-8-17/h6-9H,3-5H2,1-2H3,(H,14,18). The Morgan fingerprint density at radius 2 is 2.42 bits per heavy atom. The molecular weight excluding hydrogens is 246 g/mol. The van der Waals surface area contributed by atoms with Crippen LogP contribution < -0.4 is 5.32 Å². The average molecular weight is 263 g/mol. The van der Waals surface area contributed by atoms with E-state index in [4.69, 9.17) is 4.52 Å². The van der Waals surface area contributed by atoms with Crippen molar-refractivity contribution in [3.8, 4) is 0 Å². The van der Waals surface area contributed by atoms with Crippen molar-refractivity contribution in [2.75, 3.05) is 6.54 Å².